The molecule has 0 saturated heterocycles. The lowest BCUT2D eigenvalue weighted by molar-refractivity contribution is 0.0863. The number of urea groups is 1. The second kappa shape index (κ2) is 8.67. The SMILES string of the molecule is O=C(NCC(O)C1CCCCC1)Nc1cnn(Cc2ccccc2)c1. The van der Waals surface area contributed by atoms with Crippen LogP contribution in [0.2, 0.25) is 0 Å². The standard InChI is InChI=1S/C19H26N4O2/c24-18(16-9-5-2-6-10-16)12-20-19(25)22-17-11-21-23(14-17)13-15-7-3-1-4-8-15/h1,3-4,7-8,11,14,16,18,24H,2,5-6,9-10,12-13H2,(H2,20,22,25). The topological polar surface area (TPSA) is 79.2 Å². The van der Waals surface area contributed by atoms with Gasteiger partial charge in [0.2, 0.25) is 0 Å². The van der Waals surface area contributed by atoms with Crippen LogP contribution < -0.4 is 10.6 Å². The molecule has 1 aliphatic carbocycles. The lowest BCUT2D eigenvalue weighted by atomic mass is 9.85. The Bertz CT molecular complexity index is 665. The summed E-state index contributed by atoms with van der Waals surface area (Å²) in [5, 5.41) is 20.0. The minimum atomic E-state index is -0.466. The molecule has 1 aromatic carbocycles. The predicted octanol–water partition coefficient (Wildman–Crippen LogP) is 2.99. The molecule has 1 unspecified atom stereocenters. The quantitative estimate of drug-likeness (QED) is 0.755. The average Bonchev–Trinajstić information content (AvgIpc) is 3.08. The summed E-state index contributed by atoms with van der Waals surface area (Å²) in [5.74, 6) is 0.308. The Hall–Kier alpha value is -2.34. The van der Waals surface area contributed by atoms with E-state index in [1.165, 1.54) is 19.3 Å². The summed E-state index contributed by atoms with van der Waals surface area (Å²) in [6.07, 6.45) is 8.66. The number of nitrogens with one attached hydrogen (secondary N) is 2. The van der Waals surface area contributed by atoms with Crippen LogP contribution in [0.5, 0.6) is 0 Å². The number of hydrogen-bond donors (Lipinski definition) is 3. The normalized spacial score (nSPS) is 16.4. The van der Waals surface area contributed by atoms with E-state index in [0.29, 0.717) is 18.2 Å². The minimum Gasteiger partial charge on any atom is -0.391 e. The molecule has 1 saturated carbocycles. The number of nitrogens with zero attached hydrogens (tertiary/aromatic N) is 2. The minimum absolute atomic E-state index is 0.286. The van der Waals surface area contributed by atoms with E-state index in [1.54, 1.807) is 17.1 Å². The molecule has 0 radical (unpaired) electrons. The molecule has 0 spiro atoms. The molecule has 3 N–H and O–H groups in total. The van der Waals surface area contributed by atoms with Crippen molar-refractivity contribution in [1.82, 2.24) is 15.1 Å². The first-order valence-electron chi connectivity index (χ1n) is 9.00. The van der Waals surface area contributed by atoms with Crippen LogP contribution in [-0.2, 0) is 6.54 Å². The van der Waals surface area contributed by atoms with E-state index in [9.17, 15) is 9.90 Å². The number of rotatable bonds is 6. The Morgan fingerprint density at radius 2 is 2.00 bits per heavy atom. The van der Waals surface area contributed by atoms with Crippen molar-refractivity contribution in [1.29, 1.82) is 0 Å². The molecule has 1 heterocycles. The number of benzene rings is 1. The Labute approximate surface area is 148 Å². The van der Waals surface area contributed by atoms with Gasteiger partial charge in [-0.25, -0.2) is 4.79 Å². The molecule has 6 heteroatoms. The van der Waals surface area contributed by atoms with Gasteiger partial charge in [0.15, 0.2) is 0 Å². The maximum Gasteiger partial charge on any atom is 0.319 e. The van der Waals surface area contributed by atoms with Gasteiger partial charge in [0, 0.05) is 12.7 Å². The fourth-order valence-corrected chi connectivity index (χ4v) is 3.34. The van der Waals surface area contributed by atoms with Crippen LogP contribution in [-0.4, -0.2) is 33.6 Å². The summed E-state index contributed by atoms with van der Waals surface area (Å²) in [5.41, 5.74) is 1.79. The number of carbonyl (C=O) groups is 1. The van der Waals surface area contributed by atoms with Crippen molar-refractivity contribution >= 4 is 11.7 Å². The number of hydrogen-bond acceptors (Lipinski definition) is 3. The van der Waals surface area contributed by atoms with Crippen LogP contribution in [0.15, 0.2) is 42.7 Å². The summed E-state index contributed by atoms with van der Waals surface area (Å²) in [6, 6.07) is 9.72. The molecule has 3 rings (SSSR count). The average molecular weight is 342 g/mol. The molecule has 1 atom stereocenters. The van der Waals surface area contributed by atoms with Gasteiger partial charge in [0.1, 0.15) is 0 Å². The van der Waals surface area contributed by atoms with Crippen LogP contribution in [0.4, 0.5) is 10.5 Å². The largest absolute Gasteiger partial charge is 0.391 e. The summed E-state index contributed by atoms with van der Waals surface area (Å²) in [7, 11) is 0. The summed E-state index contributed by atoms with van der Waals surface area (Å²) >= 11 is 0. The molecule has 134 valence electrons. The van der Waals surface area contributed by atoms with Gasteiger partial charge in [-0.05, 0) is 24.3 Å². The zero-order valence-electron chi connectivity index (χ0n) is 14.4. The number of anilines is 1. The van der Waals surface area contributed by atoms with Gasteiger partial charge in [0.25, 0.3) is 0 Å². The Morgan fingerprint density at radius 1 is 1.24 bits per heavy atom. The van der Waals surface area contributed by atoms with E-state index in [2.05, 4.69) is 15.7 Å². The van der Waals surface area contributed by atoms with Gasteiger partial charge in [-0.2, -0.15) is 5.10 Å². The Kier molecular flexibility index (Phi) is 6.06. The molecule has 1 aromatic heterocycles. The predicted molar refractivity (Wildman–Crippen MR) is 97.4 cm³/mol. The van der Waals surface area contributed by atoms with E-state index in [-0.39, 0.29) is 12.6 Å². The number of aromatic nitrogens is 2. The number of aliphatic hydroxyl groups excluding tert-OH is 1. The van der Waals surface area contributed by atoms with Crippen molar-refractivity contribution < 1.29 is 9.90 Å². The smallest absolute Gasteiger partial charge is 0.319 e. The van der Waals surface area contributed by atoms with E-state index in [0.717, 1.165) is 18.4 Å². The fraction of sp³-hybridized carbons (Fsp3) is 0.474. The van der Waals surface area contributed by atoms with Crippen molar-refractivity contribution in [3.63, 3.8) is 0 Å². The molecular formula is C19H26N4O2. The van der Waals surface area contributed by atoms with Crippen molar-refractivity contribution in [2.45, 2.75) is 44.8 Å². The van der Waals surface area contributed by atoms with Gasteiger partial charge in [-0.1, -0.05) is 49.6 Å². The number of carbonyl (C=O) groups excluding carboxylic acids is 1. The van der Waals surface area contributed by atoms with Gasteiger partial charge in [0.05, 0.1) is 24.5 Å². The van der Waals surface area contributed by atoms with Crippen molar-refractivity contribution in [2.24, 2.45) is 5.92 Å². The molecule has 0 bridgehead atoms. The zero-order chi connectivity index (χ0) is 17.5. The van der Waals surface area contributed by atoms with E-state index < -0.39 is 6.10 Å². The van der Waals surface area contributed by atoms with E-state index in [1.807, 2.05) is 30.3 Å². The highest BCUT2D eigenvalue weighted by molar-refractivity contribution is 5.88. The van der Waals surface area contributed by atoms with Crippen LogP contribution in [0.1, 0.15) is 37.7 Å². The summed E-state index contributed by atoms with van der Waals surface area (Å²) < 4.78 is 1.78. The molecule has 6 nitrogen and oxygen atoms in total. The first-order chi connectivity index (χ1) is 12.2. The third-order valence-corrected chi connectivity index (χ3v) is 4.74. The number of aliphatic hydroxyl groups is 1. The van der Waals surface area contributed by atoms with E-state index >= 15 is 0 Å². The second-order valence-corrected chi connectivity index (χ2v) is 6.71. The van der Waals surface area contributed by atoms with Crippen LogP contribution in [0.25, 0.3) is 0 Å². The van der Waals surface area contributed by atoms with Crippen molar-refractivity contribution in [3.8, 4) is 0 Å². The highest BCUT2D eigenvalue weighted by Gasteiger charge is 2.21. The monoisotopic (exact) mass is 342 g/mol. The van der Waals surface area contributed by atoms with Crippen LogP contribution in [0, 0.1) is 5.92 Å². The molecule has 25 heavy (non-hydrogen) atoms. The maximum atomic E-state index is 12.0. The fourth-order valence-electron chi connectivity index (χ4n) is 3.34. The number of amides is 2. The molecule has 1 fully saturated rings. The maximum absolute atomic E-state index is 12.0. The second-order valence-electron chi connectivity index (χ2n) is 6.71. The molecule has 2 amide bonds. The highest BCUT2D eigenvalue weighted by Crippen LogP contribution is 2.26. The van der Waals surface area contributed by atoms with Crippen molar-refractivity contribution in [2.75, 3.05) is 11.9 Å². The van der Waals surface area contributed by atoms with Gasteiger partial charge < -0.3 is 15.7 Å². The highest BCUT2D eigenvalue weighted by atomic mass is 16.3. The third kappa shape index (κ3) is 5.32. The lowest BCUT2D eigenvalue weighted by Gasteiger charge is -2.26. The third-order valence-electron chi connectivity index (χ3n) is 4.74. The van der Waals surface area contributed by atoms with Gasteiger partial charge in [-0.3, -0.25) is 4.68 Å². The van der Waals surface area contributed by atoms with Gasteiger partial charge in [-0.15, -0.1) is 0 Å². The Morgan fingerprint density at radius 3 is 2.76 bits per heavy atom. The zero-order valence-corrected chi connectivity index (χ0v) is 14.4. The van der Waals surface area contributed by atoms with Gasteiger partial charge >= 0.3 is 6.03 Å². The molecular weight excluding hydrogens is 316 g/mol. The van der Waals surface area contributed by atoms with E-state index in [4.69, 9.17) is 0 Å². The first kappa shape index (κ1) is 17.5. The lowest BCUT2D eigenvalue weighted by Crippen LogP contribution is -2.39. The molecule has 2 aromatic rings. The molecule has 0 aliphatic heterocycles. The summed E-state index contributed by atoms with van der Waals surface area (Å²) in [4.78, 5) is 12.0. The van der Waals surface area contributed by atoms with Crippen LogP contribution >= 0.6 is 0 Å². The Balaban J connectivity index is 1.43. The summed E-state index contributed by atoms with van der Waals surface area (Å²) in [6.45, 7) is 0.944. The van der Waals surface area contributed by atoms with Crippen LogP contribution in [0.3, 0.4) is 0 Å². The molecule has 1 aliphatic rings. The van der Waals surface area contributed by atoms with Crippen molar-refractivity contribution in [3.05, 3.63) is 48.3 Å². The first-order valence-corrected chi connectivity index (χ1v) is 9.00.